The zero-order chi connectivity index (χ0) is 20.0. The number of benzene rings is 2. The average molecular weight is 374 g/mol. The molecule has 2 N–H and O–H groups in total. The van der Waals surface area contributed by atoms with Gasteiger partial charge >= 0.3 is 0 Å². The van der Waals surface area contributed by atoms with Gasteiger partial charge in [-0.05, 0) is 25.1 Å². The van der Waals surface area contributed by atoms with E-state index in [9.17, 15) is 14.9 Å². The van der Waals surface area contributed by atoms with Gasteiger partial charge in [0.2, 0.25) is 0 Å². The van der Waals surface area contributed by atoms with Crippen LogP contribution in [0.5, 0.6) is 11.5 Å². The lowest BCUT2D eigenvalue weighted by molar-refractivity contribution is -0.885. The molecule has 2 aromatic rings. The summed E-state index contributed by atoms with van der Waals surface area (Å²) in [4.78, 5) is 23.7. The fraction of sp³-hybridized carbons (Fsp3) is 0.316. The SMILES string of the molecule is COc1ccc(C)cc1C[NH+](C)CC(=O)Nc1ccc([N+](=O)[O-])cc1OC. The number of non-ortho nitro benzene ring substituents is 1. The third-order valence-corrected chi connectivity index (χ3v) is 4.06. The Morgan fingerprint density at radius 2 is 1.85 bits per heavy atom. The van der Waals surface area contributed by atoms with E-state index in [1.807, 2.05) is 32.2 Å². The van der Waals surface area contributed by atoms with E-state index < -0.39 is 4.92 Å². The van der Waals surface area contributed by atoms with Gasteiger partial charge < -0.3 is 19.7 Å². The van der Waals surface area contributed by atoms with Crippen LogP contribution in [0.2, 0.25) is 0 Å². The van der Waals surface area contributed by atoms with Gasteiger partial charge in [0.1, 0.15) is 18.0 Å². The van der Waals surface area contributed by atoms with Crippen molar-refractivity contribution in [2.45, 2.75) is 13.5 Å². The number of hydrogen-bond donors (Lipinski definition) is 2. The molecule has 0 heterocycles. The van der Waals surface area contributed by atoms with E-state index in [1.54, 1.807) is 7.11 Å². The summed E-state index contributed by atoms with van der Waals surface area (Å²) in [5.74, 6) is 0.819. The number of anilines is 1. The van der Waals surface area contributed by atoms with Crippen LogP contribution in [0.3, 0.4) is 0 Å². The van der Waals surface area contributed by atoms with Crippen molar-refractivity contribution in [1.82, 2.24) is 0 Å². The maximum atomic E-state index is 12.4. The quantitative estimate of drug-likeness (QED) is 0.540. The van der Waals surface area contributed by atoms with Gasteiger partial charge in [-0.1, -0.05) is 11.6 Å². The minimum Gasteiger partial charge on any atom is -0.496 e. The van der Waals surface area contributed by atoms with E-state index in [1.165, 1.54) is 25.3 Å². The van der Waals surface area contributed by atoms with Gasteiger partial charge in [-0.25, -0.2) is 0 Å². The smallest absolute Gasteiger partial charge is 0.279 e. The van der Waals surface area contributed by atoms with Crippen molar-refractivity contribution in [3.05, 3.63) is 57.6 Å². The van der Waals surface area contributed by atoms with Crippen molar-refractivity contribution in [2.75, 3.05) is 33.1 Å². The van der Waals surface area contributed by atoms with Crippen molar-refractivity contribution in [3.8, 4) is 11.5 Å². The second-order valence-corrected chi connectivity index (χ2v) is 6.32. The van der Waals surface area contributed by atoms with Crippen molar-refractivity contribution in [1.29, 1.82) is 0 Å². The van der Waals surface area contributed by atoms with Crippen LogP contribution < -0.4 is 19.7 Å². The van der Waals surface area contributed by atoms with Gasteiger partial charge in [-0.3, -0.25) is 14.9 Å². The Bertz CT molecular complexity index is 838. The standard InChI is InChI=1S/C19H23N3O5/c1-13-5-8-17(26-3)14(9-13)11-21(2)12-19(23)20-16-7-6-15(22(24)25)10-18(16)27-4/h5-10H,11-12H2,1-4H3,(H,20,23)/p+1. The molecule has 0 bridgehead atoms. The van der Waals surface area contributed by atoms with Gasteiger partial charge in [0.25, 0.3) is 11.6 Å². The molecule has 0 aliphatic rings. The highest BCUT2D eigenvalue weighted by molar-refractivity contribution is 5.93. The number of ether oxygens (including phenoxy) is 2. The van der Waals surface area contributed by atoms with Crippen molar-refractivity contribution in [3.63, 3.8) is 0 Å². The lowest BCUT2D eigenvalue weighted by Crippen LogP contribution is -3.08. The first-order chi connectivity index (χ1) is 12.8. The minimum atomic E-state index is -0.513. The number of rotatable bonds is 8. The molecule has 2 rings (SSSR count). The highest BCUT2D eigenvalue weighted by Crippen LogP contribution is 2.28. The van der Waals surface area contributed by atoms with Gasteiger partial charge in [0.15, 0.2) is 6.54 Å². The summed E-state index contributed by atoms with van der Waals surface area (Å²) in [6, 6.07) is 10.0. The van der Waals surface area contributed by atoms with Crippen molar-refractivity contribution < 1.29 is 24.1 Å². The topological polar surface area (TPSA) is 95.1 Å². The number of likely N-dealkylation sites (N-methyl/N-ethyl adjacent to an activating group) is 1. The maximum absolute atomic E-state index is 12.4. The molecular weight excluding hydrogens is 350 g/mol. The summed E-state index contributed by atoms with van der Waals surface area (Å²) in [5.41, 5.74) is 2.45. The first-order valence-corrected chi connectivity index (χ1v) is 8.41. The van der Waals surface area contributed by atoms with E-state index in [0.29, 0.717) is 12.2 Å². The van der Waals surface area contributed by atoms with Gasteiger partial charge in [0.05, 0.1) is 37.9 Å². The second kappa shape index (κ2) is 9.00. The molecule has 8 heteroatoms. The van der Waals surface area contributed by atoms with Gasteiger partial charge in [-0.2, -0.15) is 0 Å². The molecule has 0 saturated heterocycles. The molecule has 1 amide bonds. The first-order valence-electron chi connectivity index (χ1n) is 8.41. The van der Waals surface area contributed by atoms with Crippen LogP contribution in [-0.2, 0) is 11.3 Å². The van der Waals surface area contributed by atoms with E-state index in [4.69, 9.17) is 9.47 Å². The predicted octanol–water partition coefficient (Wildman–Crippen LogP) is 1.57. The third kappa shape index (κ3) is 5.42. The molecule has 0 aliphatic carbocycles. The number of nitrogens with zero attached hydrogens (tertiary/aromatic N) is 1. The number of hydrogen-bond acceptors (Lipinski definition) is 5. The van der Waals surface area contributed by atoms with E-state index in [2.05, 4.69) is 5.32 Å². The monoisotopic (exact) mass is 374 g/mol. The largest absolute Gasteiger partial charge is 0.496 e. The fourth-order valence-corrected chi connectivity index (χ4v) is 2.80. The third-order valence-electron chi connectivity index (χ3n) is 4.06. The Hall–Kier alpha value is -3.13. The van der Waals surface area contributed by atoms with Crippen LogP contribution in [0.15, 0.2) is 36.4 Å². The molecular formula is C19H24N3O5+. The zero-order valence-electron chi connectivity index (χ0n) is 15.9. The number of carbonyl (C=O) groups is 1. The highest BCUT2D eigenvalue weighted by Gasteiger charge is 2.17. The normalized spacial score (nSPS) is 11.6. The molecule has 144 valence electrons. The predicted molar refractivity (Wildman–Crippen MR) is 101 cm³/mol. The molecule has 0 spiro atoms. The number of amides is 1. The first kappa shape index (κ1) is 20.2. The van der Waals surface area contributed by atoms with Crippen molar-refractivity contribution >= 4 is 17.3 Å². The number of carbonyl (C=O) groups excluding carboxylic acids is 1. The fourth-order valence-electron chi connectivity index (χ4n) is 2.80. The molecule has 8 nitrogen and oxygen atoms in total. The summed E-state index contributed by atoms with van der Waals surface area (Å²) < 4.78 is 10.5. The van der Waals surface area contributed by atoms with Gasteiger partial charge in [-0.15, -0.1) is 0 Å². The minimum absolute atomic E-state index is 0.0980. The Morgan fingerprint density at radius 3 is 2.48 bits per heavy atom. The number of nitro groups is 1. The summed E-state index contributed by atoms with van der Waals surface area (Å²) >= 11 is 0. The van der Waals surface area contributed by atoms with Crippen LogP contribution >= 0.6 is 0 Å². The second-order valence-electron chi connectivity index (χ2n) is 6.32. The lowest BCUT2D eigenvalue weighted by atomic mass is 10.1. The molecule has 0 saturated carbocycles. The zero-order valence-corrected chi connectivity index (χ0v) is 15.9. The van der Waals surface area contributed by atoms with Crippen LogP contribution in [0.4, 0.5) is 11.4 Å². The number of nitrogens with one attached hydrogen (secondary N) is 2. The van der Waals surface area contributed by atoms with E-state index in [0.717, 1.165) is 21.8 Å². The summed E-state index contributed by atoms with van der Waals surface area (Å²) in [6.45, 7) is 2.85. The van der Waals surface area contributed by atoms with Crippen LogP contribution in [0.25, 0.3) is 0 Å². The molecule has 0 radical (unpaired) electrons. The molecule has 27 heavy (non-hydrogen) atoms. The summed E-state index contributed by atoms with van der Waals surface area (Å²) in [7, 11) is 4.93. The molecule has 1 unspecified atom stereocenters. The van der Waals surface area contributed by atoms with Crippen LogP contribution in [0.1, 0.15) is 11.1 Å². The number of quaternary nitrogens is 1. The van der Waals surface area contributed by atoms with Crippen LogP contribution in [0, 0.1) is 17.0 Å². The van der Waals surface area contributed by atoms with E-state index in [-0.39, 0.29) is 23.9 Å². The van der Waals surface area contributed by atoms with Crippen LogP contribution in [-0.4, -0.2) is 38.6 Å². The molecule has 1 atom stereocenters. The average Bonchev–Trinajstić information content (AvgIpc) is 2.61. The molecule has 0 aromatic heterocycles. The van der Waals surface area contributed by atoms with Crippen molar-refractivity contribution in [2.24, 2.45) is 0 Å². The Labute approximate surface area is 157 Å². The maximum Gasteiger partial charge on any atom is 0.279 e. The highest BCUT2D eigenvalue weighted by atomic mass is 16.6. The van der Waals surface area contributed by atoms with Gasteiger partial charge in [0, 0.05) is 11.6 Å². The molecule has 0 aliphatic heterocycles. The lowest BCUT2D eigenvalue weighted by Gasteiger charge is -2.17. The summed E-state index contributed by atoms with van der Waals surface area (Å²) in [5, 5.41) is 13.6. The Kier molecular flexibility index (Phi) is 6.73. The number of methoxy groups -OCH3 is 2. The number of nitro benzene ring substituents is 1. The molecule has 0 fully saturated rings. The Balaban J connectivity index is 2.03. The van der Waals surface area contributed by atoms with E-state index >= 15 is 0 Å². The number of aryl methyl sites for hydroxylation is 1. The molecule has 2 aromatic carbocycles. The Morgan fingerprint density at radius 1 is 1.15 bits per heavy atom. The summed E-state index contributed by atoms with van der Waals surface area (Å²) in [6.07, 6.45) is 0.